The van der Waals surface area contributed by atoms with Crippen LogP contribution in [0.4, 0.5) is 4.39 Å². The molecule has 0 bridgehead atoms. The zero-order chi connectivity index (χ0) is 22.1. The largest absolute Gasteiger partial charge is 0.489 e. The van der Waals surface area contributed by atoms with Crippen molar-refractivity contribution >= 4 is 29.6 Å². The highest BCUT2D eigenvalue weighted by Gasteiger charge is 2.07. The van der Waals surface area contributed by atoms with Crippen LogP contribution < -0.4 is 15.5 Å². The number of ether oxygens (including phenoxy) is 1. The Morgan fingerprint density at radius 2 is 1.65 bits per heavy atom. The van der Waals surface area contributed by atoms with E-state index in [-0.39, 0.29) is 12.1 Å². The van der Waals surface area contributed by atoms with E-state index in [2.05, 4.69) is 15.8 Å². The molecule has 0 aromatic heterocycles. The number of nitrogens with zero attached hydrogens (tertiary/aromatic N) is 1. The molecular formula is C23H19ClFN3O3. The number of hydrogen-bond acceptors (Lipinski definition) is 4. The van der Waals surface area contributed by atoms with E-state index in [1.54, 1.807) is 24.3 Å². The first-order valence-electron chi connectivity index (χ1n) is 9.32. The zero-order valence-electron chi connectivity index (χ0n) is 16.3. The van der Waals surface area contributed by atoms with E-state index < -0.39 is 17.6 Å². The second-order valence-electron chi connectivity index (χ2n) is 6.47. The Kier molecular flexibility index (Phi) is 7.73. The van der Waals surface area contributed by atoms with Crippen LogP contribution in [0.5, 0.6) is 5.75 Å². The topological polar surface area (TPSA) is 79.8 Å². The molecule has 0 atom stereocenters. The van der Waals surface area contributed by atoms with Gasteiger partial charge < -0.3 is 10.1 Å². The summed E-state index contributed by atoms with van der Waals surface area (Å²) in [5, 5.41) is 6.97. The maximum absolute atomic E-state index is 12.9. The van der Waals surface area contributed by atoms with Crippen LogP contribution in [-0.4, -0.2) is 24.6 Å². The first-order chi connectivity index (χ1) is 15.0. The molecule has 3 aromatic rings. The van der Waals surface area contributed by atoms with Gasteiger partial charge in [-0.1, -0.05) is 23.7 Å². The van der Waals surface area contributed by atoms with E-state index >= 15 is 0 Å². The van der Waals surface area contributed by atoms with Crippen LogP contribution >= 0.6 is 11.6 Å². The van der Waals surface area contributed by atoms with Crippen LogP contribution in [0.15, 0.2) is 77.9 Å². The lowest BCUT2D eigenvalue weighted by Gasteiger charge is -2.06. The monoisotopic (exact) mass is 439 g/mol. The van der Waals surface area contributed by atoms with Gasteiger partial charge in [0.25, 0.3) is 11.8 Å². The molecule has 31 heavy (non-hydrogen) atoms. The Morgan fingerprint density at radius 3 is 2.32 bits per heavy atom. The molecule has 6 nitrogen and oxygen atoms in total. The third-order valence-corrected chi connectivity index (χ3v) is 4.37. The van der Waals surface area contributed by atoms with Crippen molar-refractivity contribution in [3.05, 3.63) is 100 Å². The lowest BCUT2D eigenvalue weighted by atomic mass is 10.2. The Balaban J connectivity index is 1.40. The van der Waals surface area contributed by atoms with Gasteiger partial charge in [0, 0.05) is 10.6 Å². The molecule has 0 heterocycles. The molecule has 8 heteroatoms. The normalized spacial score (nSPS) is 10.6. The molecular weight excluding hydrogens is 421 g/mol. The van der Waals surface area contributed by atoms with Crippen molar-refractivity contribution in [3.63, 3.8) is 0 Å². The Bertz CT molecular complexity index is 1050. The summed E-state index contributed by atoms with van der Waals surface area (Å²) >= 11 is 5.86. The standard InChI is InChI=1S/C23H19ClFN3O3/c24-19-7-1-17(2-8-19)15-31-21-11-3-16(4-12-21)13-27-28-22(29)14-26-23(30)18-5-9-20(25)10-6-18/h1-13H,14-15H2,(H,26,30)(H,28,29)/b27-13+. The first kappa shape index (κ1) is 22.0. The number of hydrazone groups is 1. The Labute approximate surface area is 183 Å². The fourth-order valence-electron chi connectivity index (χ4n) is 2.48. The van der Waals surface area contributed by atoms with Gasteiger partial charge in [-0.25, -0.2) is 9.82 Å². The molecule has 0 aliphatic rings. The fraction of sp³-hybridized carbons (Fsp3) is 0.0870. The van der Waals surface area contributed by atoms with Gasteiger partial charge in [-0.15, -0.1) is 0 Å². The number of halogens is 2. The van der Waals surface area contributed by atoms with Gasteiger partial charge in [0.15, 0.2) is 0 Å². The van der Waals surface area contributed by atoms with Gasteiger partial charge in [-0.3, -0.25) is 9.59 Å². The summed E-state index contributed by atoms with van der Waals surface area (Å²) in [5.41, 5.74) is 4.35. The minimum atomic E-state index is -0.491. The second-order valence-corrected chi connectivity index (χ2v) is 6.90. The van der Waals surface area contributed by atoms with Crippen molar-refractivity contribution in [2.75, 3.05) is 6.54 Å². The van der Waals surface area contributed by atoms with Crippen LogP contribution in [0.1, 0.15) is 21.5 Å². The summed E-state index contributed by atoms with van der Waals surface area (Å²) in [4.78, 5) is 23.7. The fourth-order valence-corrected chi connectivity index (χ4v) is 2.61. The molecule has 0 radical (unpaired) electrons. The number of hydrogen-bond donors (Lipinski definition) is 2. The van der Waals surface area contributed by atoms with Crippen molar-refractivity contribution in [3.8, 4) is 5.75 Å². The molecule has 158 valence electrons. The van der Waals surface area contributed by atoms with Gasteiger partial charge in [0.05, 0.1) is 12.8 Å². The molecule has 0 saturated carbocycles. The number of carbonyl (C=O) groups is 2. The lowest BCUT2D eigenvalue weighted by Crippen LogP contribution is -2.34. The highest BCUT2D eigenvalue weighted by Crippen LogP contribution is 2.15. The Hall–Kier alpha value is -3.71. The zero-order valence-corrected chi connectivity index (χ0v) is 17.1. The summed E-state index contributed by atoms with van der Waals surface area (Å²) in [6, 6.07) is 19.6. The number of amides is 2. The van der Waals surface area contributed by atoms with Crippen molar-refractivity contribution in [1.82, 2.24) is 10.7 Å². The lowest BCUT2D eigenvalue weighted by molar-refractivity contribution is -0.120. The number of benzene rings is 3. The third-order valence-electron chi connectivity index (χ3n) is 4.12. The second kappa shape index (κ2) is 10.9. The predicted molar refractivity (Wildman–Crippen MR) is 117 cm³/mol. The summed E-state index contributed by atoms with van der Waals surface area (Å²) < 4.78 is 18.6. The van der Waals surface area contributed by atoms with E-state index in [1.165, 1.54) is 30.5 Å². The van der Waals surface area contributed by atoms with E-state index in [9.17, 15) is 14.0 Å². The quantitative estimate of drug-likeness (QED) is 0.412. The van der Waals surface area contributed by atoms with Crippen LogP contribution in [0.25, 0.3) is 0 Å². The van der Waals surface area contributed by atoms with E-state index in [4.69, 9.17) is 16.3 Å². The number of carbonyl (C=O) groups excluding carboxylic acids is 2. The van der Waals surface area contributed by atoms with Crippen molar-refractivity contribution in [2.24, 2.45) is 5.10 Å². The van der Waals surface area contributed by atoms with Crippen LogP contribution in [-0.2, 0) is 11.4 Å². The maximum Gasteiger partial charge on any atom is 0.259 e. The highest BCUT2D eigenvalue weighted by molar-refractivity contribution is 6.30. The smallest absolute Gasteiger partial charge is 0.259 e. The van der Waals surface area contributed by atoms with Crippen LogP contribution in [0.2, 0.25) is 5.02 Å². The molecule has 0 fully saturated rings. The van der Waals surface area contributed by atoms with Gasteiger partial charge >= 0.3 is 0 Å². The minimum Gasteiger partial charge on any atom is -0.489 e. The van der Waals surface area contributed by atoms with E-state index in [0.717, 1.165) is 11.1 Å². The van der Waals surface area contributed by atoms with Crippen LogP contribution in [0.3, 0.4) is 0 Å². The van der Waals surface area contributed by atoms with Gasteiger partial charge in [-0.2, -0.15) is 5.10 Å². The predicted octanol–water partition coefficient (Wildman–Crippen LogP) is 3.94. The third kappa shape index (κ3) is 7.24. The molecule has 0 aliphatic heterocycles. The molecule has 2 amide bonds. The molecule has 0 spiro atoms. The molecule has 0 aliphatic carbocycles. The average molecular weight is 440 g/mol. The minimum absolute atomic E-state index is 0.259. The van der Waals surface area contributed by atoms with Gasteiger partial charge in [-0.05, 0) is 71.8 Å². The molecule has 0 unspecified atom stereocenters. The Morgan fingerprint density at radius 1 is 0.968 bits per heavy atom. The van der Waals surface area contributed by atoms with E-state index in [1.807, 2.05) is 24.3 Å². The van der Waals surface area contributed by atoms with Crippen molar-refractivity contribution < 1.29 is 18.7 Å². The molecule has 2 N–H and O–H groups in total. The highest BCUT2D eigenvalue weighted by atomic mass is 35.5. The summed E-state index contributed by atoms with van der Waals surface area (Å²) in [6.07, 6.45) is 1.47. The molecule has 0 saturated heterocycles. The molecule has 3 rings (SSSR count). The van der Waals surface area contributed by atoms with Crippen molar-refractivity contribution in [1.29, 1.82) is 0 Å². The summed E-state index contributed by atoms with van der Waals surface area (Å²) in [7, 11) is 0. The summed E-state index contributed by atoms with van der Waals surface area (Å²) in [6.45, 7) is 0.162. The number of nitrogens with one attached hydrogen (secondary N) is 2. The van der Waals surface area contributed by atoms with Crippen molar-refractivity contribution in [2.45, 2.75) is 6.61 Å². The van der Waals surface area contributed by atoms with Crippen LogP contribution in [0, 0.1) is 5.82 Å². The first-order valence-corrected chi connectivity index (χ1v) is 9.70. The SMILES string of the molecule is O=C(CNC(=O)c1ccc(F)cc1)N/N=C/c1ccc(OCc2ccc(Cl)cc2)cc1. The summed E-state index contributed by atoms with van der Waals surface area (Å²) in [5.74, 6) is -0.715. The molecule has 3 aromatic carbocycles. The van der Waals surface area contributed by atoms with E-state index in [0.29, 0.717) is 17.4 Å². The maximum atomic E-state index is 12.9. The number of rotatable bonds is 8. The van der Waals surface area contributed by atoms with Gasteiger partial charge in [0.2, 0.25) is 0 Å². The average Bonchev–Trinajstić information content (AvgIpc) is 2.78. The van der Waals surface area contributed by atoms with Gasteiger partial charge in [0.1, 0.15) is 18.2 Å².